The third kappa shape index (κ3) is 2.96. The third-order valence-electron chi connectivity index (χ3n) is 4.23. The Morgan fingerprint density at radius 1 is 1.21 bits per heavy atom. The zero-order valence-electron chi connectivity index (χ0n) is 12.9. The van der Waals surface area contributed by atoms with Crippen LogP contribution in [0.1, 0.15) is 19.3 Å². The molecule has 0 spiro atoms. The fraction of sp³-hybridized carbons (Fsp3) is 0.375. The van der Waals surface area contributed by atoms with Crippen molar-refractivity contribution in [3.05, 3.63) is 44.3 Å². The van der Waals surface area contributed by atoms with Gasteiger partial charge in [-0.05, 0) is 31.4 Å². The Hall–Kier alpha value is -2.48. The van der Waals surface area contributed by atoms with Crippen LogP contribution in [-0.4, -0.2) is 33.9 Å². The van der Waals surface area contributed by atoms with Gasteiger partial charge in [0.2, 0.25) is 11.8 Å². The lowest BCUT2D eigenvalue weighted by Crippen LogP contribution is -2.52. The highest BCUT2D eigenvalue weighted by Gasteiger charge is 2.31. The molecule has 1 aliphatic rings. The van der Waals surface area contributed by atoms with Crippen LogP contribution >= 0.6 is 11.3 Å². The molecule has 126 valence electrons. The average molecular weight is 347 g/mol. The van der Waals surface area contributed by atoms with Crippen LogP contribution in [0.2, 0.25) is 0 Å². The monoisotopic (exact) mass is 347 g/mol. The van der Waals surface area contributed by atoms with Crippen molar-refractivity contribution in [1.29, 1.82) is 0 Å². The first-order valence-electron chi connectivity index (χ1n) is 7.70. The van der Waals surface area contributed by atoms with E-state index in [1.54, 1.807) is 24.3 Å². The average Bonchev–Trinajstić information content (AvgIpc) is 2.58. The molecule has 1 unspecified atom stereocenters. The lowest BCUT2D eigenvalue weighted by molar-refractivity contribution is -0.141. The van der Waals surface area contributed by atoms with E-state index >= 15 is 0 Å². The lowest BCUT2D eigenvalue weighted by Gasteiger charge is -2.33. The molecule has 1 atom stereocenters. The van der Waals surface area contributed by atoms with E-state index in [0.717, 1.165) is 28.7 Å². The summed E-state index contributed by atoms with van der Waals surface area (Å²) in [6, 6.07) is 6.12. The molecule has 0 saturated carbocycles. The third-order valence-corrected chi connectivity index (χ3v) is 5.20. The van der Waals surface area contributed by atoms with E-state index in [1.807, 2.05) is 0 Å². The van der Waals surface area contributed by atoms with Gasteiger partial charge >= 0.3 is 4.87 Å². The van der Waals surface area contributed by atoms with Gasteiger partial charge in [0.25, 0.3) is 5.56 Å². The van der Waals surface area contributed by atoms with Crippen LogP contribution in [-0.2, 0) is 16.1 Å². The van der Waals surface area contributed by atoms with Gasteiger partial charge < -0.3 is 10.6 Å². The second kappa shape index (κ2) is 6.56. The van der Waals surface area contributed by atoms with E-state index in [1.165, 1.54) is 4.90 Å². The highest BCUT2D eigenvalue weighted by molar-refractivity contribution is 7.16. The van der Waals surface area contributed by atoms with Crippen LogP contribution in [0.15, 0.2) is 33.9 Å². The Morgan fingerprint density at radius 2 is 1.96 bits per heavy atom. The smallest absolute Gasteiger partial charge is 0.311 e. The Kier molecular flexibility index (Phi) is 4.48. The van der Waals surface area contributed by atoms with Crippen molar-refractivity contribution < 1.29 is 9.59 Å². The number of nitrogens with two attached hydrogens (primary N) is 1. The van der Waals surface area contributed by atoms with Gasteiger partial charge in [0.05, 0.1) is 5.39 Å². The molecule has 2 amide bonds. The molecule has 0 aliphatic carbocycles. The van der Waals surface area contributed by atoms with Crippen LogP contribution in [0.4, 0.5) is 0 Å². The van der Waals surface area contributed by atoms with Crippen LogP contribution < -0.4 is 16.2 Å². The summed E-state index contributed by atoms with van der Waals surface area (Å²) in [5.74, 6) is -0.987. The molecule has 1 aromatic heterocycles. The Labute approximate surface area is 141 Å². The number of benzene rings is 1. The number of carbonyl (C=O) groups excluding carboxylic acids is 2. The molecule has 8 heteroatoms. The molecule has 1 aliphatic heterocycles. The first-order chi connectivity index (χ1) is 11.5. The zero-order valence-corrected chi connectivity index (χ0v) is 13.8. The molecule has 3 rings (SSSR count). The number of hydrogen-bond donors (Lipinski definition) is 1. The van der Waals surface area contributed by atoms with Crippen molar-refractivity contribution in [2.75, 3.05) is 6.54 Å². The second-order valence-electron chi connectivity index (χ2n) is 5.76. The first-order valence-corrected chi connectivity index (χ1v) is 8.52. The van der Waals surface area contributed by atoms with E-state index < -0.39 is 28.3 Å². The highest BCUT2D eigenvalue weighted by Crippen LogP contribution is 2.17. The minimum absolute atomic E-state index is 0.372. The van der Waals surface area contributed by atoms with Gasteiger partial charge in [0.1, 0.15) is 12.6 Å². The largest absolute Gasteiger partial charge is 0.368 e. The maximum absolute atomic E-state index is 12.5. The molecule has 7 nitrogen and oxygen atoms in total. The van der Waals surface area contributed by atoms with Crippen molar-refractivity contribution in [3.63, 3.8) is 0 Å². The number of nitrogens with zero attached hydrogens (tertiary/aromatic N) is 2. The van der Waals surface area contributed by atoms with Gasteiger partial charge in [-0.3, -0.25) is 23.7 Å². The normalized spacial score (nSPS) is 17.8. The van der Waals surface area contributed by atoms with Crippen LogP contribution in [0.5, 0.6) is 0 Å². The van der Waals surface area contributed by atoms with Crippen LogP contribution in [0.3, 0.4) is 0 Å². The van der Waals surface area contributed by atoms with E-state index in [0.29, 0.717) is 23.1 Å². The van der Waals surface area contributed by atoms with Crippen molar-refractivity contribution in [3.8, 4) is 0 Å². The molecule has 24 heavy (non-hydrogen) atoms. The molecule has 2 aromatic rings. The maximum atomic E-state index is 12.5. The Balaban J connectivity index is 1.94. The SMILES string of the molecule is NC(=O)C1CCCCN1C(=O)Cn1c(=O)sc2ccccc2c1=O. The Bertz CT molecular complexity index is 917. The number of amides is 2. The number of piperidine rings is 1. The maximum Gasteiger partial charge on any atom is 0.311 e. The van der Waals surface area contributed by atoms with E-state index in [9.17, 15) is 19.2 Å². The minimum Gasteiger partial charge on any atom is -0.368 e. The van der Waals surface area contributed by atoms with Crippen molar-refractivity contribution in [2.45, 2.75) is 31.8 Å². The Morgan fingerprint density at radius 3 is 2.71 bits per heavy atom. The number of rotatable bonds is 3. The lowest BCUT2D eigenvalue weighted by atomic mass is 10.0. The minimum atomic E-state index is -0.666. The standard InChI is InChI=1S/C16H17N3O4S/c17-14(21)11-6-3-4-8-18(11)13(20)9-19-15(22)10-5-1-2-7-12(10)24-16(19)23/h1-2,5,7,11H,3-4,6,8-9H2,(H2,17,21). The summed E-state index contributed by atoms with van der Waals surface area (Å²) in [6.45, 7) is 0.0369. The first kappa shape index (κ1) is 16.4. The molecule has 0 radical (unpaired) electrons. The fourth-order valence-electron chi connectivity index (χ4n) is 3.00. The molecule has 1 fully saturated rings. The summed E-state index contributed by atoms with van der Waals surface area (Å²) in [6.07, 6.45) is 2.11. The number of aromatic nitrogens is 1. The predicted octanol–water partition coefficient (Wildman–Crippen LogP) is 0.290. The summed E-state index contributed by atoms with van der Waals surface area (Å²) in [4.78, 5) is 49.7. The van der Waals surface area contributed by atoms with Gasteiger partial charge in [-0.15, -0.1) is 0 Å². The van der Waals surface area contributed by atoms with E-state index in [-0.39, 0.29) is 6.54 Å². The summed E-state index contributed by atoms with van der Waals surface area (Å²) in [5.41, 5.74) is 4.87. The summed E-state index contributed by atoms with van der Waals surface area (Å²) < 4.78 is 1.52. The number of likely N-dealkylation sites (tertiary alicyclic amines) is 1. The van der Waals surface area contributed by atoms with Gasteiger partial charge in [-0.25, -0.2) is 0 Å². The van der Waals surface area contributed by atoms with Crippen molar-refractivity contribution in [2.24, 2.45) is 5.73 Å². The number of carbonyl (C=O) groups is 2. The molecule has 2 heterocycles. The van der Waals surface area contributed by atoms with Gasteiger partial charge in [0.15, 0.2) is 0 Å². The fourth-order valence-corrected chi connectivity index (χ4v) is 3.86. The predicted molar refractivity (Wildman–Crippen MR) is 90.9 cm³/mol. The molecule has 1 aromatic carbocycles. The van der Waals surface area contributed by atoms with Crippen molar-refractivity contribution >= 4 is 33.2 Å². The molecule has 2 N–H and O–H groups in total. The number of fused-ring (bicyclic) bond motifs is 1. The van der Waals surface area contributed by atoms with E-state index in [4.69, 9.17) is 5.73 Å². The summed E-state index contributed by atoms with van der Waals surface area (Å²) >= 11 is 0.923. The summed E-state index contributed by atoms with van der Waals surface area (Å²) in [7, 11) is 0. The van der Waals surface area contributed by atoms with Crippen molar-refractivity contribution in [1.82, 2.24) is 9.47 Å². The zero-order chi connectivity index (χ0) is 17.3. The molecular formula is C16H17N3O4S. The highest BCUT2D eigenvalue weighted by atomic mass is 32.1. The number of primary amides is 1. The quantitative estimate of drug-likeness (QED) is 0.862. The van der Waals surface area contributed by atoms with Gasteiger partial charge in [-0.1, -0.05) is 23.5 Å². The van der Waals surface area contributed by atoms with Crippen LogP contribution in [0, 0.1) is 0 Å². The topological polar surface area (TPSA) is 102 Å². The van der Waals surface area contributed by atoms with Gasteiger partial charge in [0, 0.05) is 11.2 Å². The number of hydrogen-bond acceptors (Lipinski definition) is 5. The van der Waals surface area contributed by atoms with Crippen LogP contribution in [0.25, 0.3) is 10.1 Å². The second-order valence-corrected chi connectivity index (χ2v) is 6.75. The molecular weight excluding hydrogens is 330 g/mol. The summed E-state index contributed by atoms with van der Waals surface area (Å²) in [5, 5.41) is 0.403. The molecule has 1 saturated heterocycles. The molecule has 0 bridgehead atoms. The van der Waals surface area contributed by atoms with Gasteiger partial charge in [-0.2, -0.15) is 0 Å². The van der Waals surface area contributed by atoms with E-state index in [2.05, 4.69) is 0 Å².